The van der Waals surface area contributed by atoms with E-state index in [4.69, 9.17) is 5.73 Å². The predicted octanol–water partition coefficient (Wildman–Crippen LogP) is 3.51. The lowest BCUT2D eigenvalue weighted by Crippen LogP contribution is -2.24. The normalized spacial score (nSPS) is 12.4. The summed E-state index contributed by atoms with van der Waals surface area (Å²) < 4.78 is 13.7. The molecule has 0 saturated carbocycles. The summed E-state index contributed by atoms with van der Waals surface area (Å²) in [6.07, 6.45) is 2.73. The van der Waals surface area contributed by atoms with Gasteiger partial charge in [0.25, 0.3) is 0 Å². The topological polar surface area (TPSA) is 50.9 Å². The molecule has 1 aromatic carbocycles. The number of pyridine rings is 1. The third kappa shape index (κ3) is 3.79. The maximum Gasteiger partial charge on any atom is 0.128 e. The molecule has 2 aromatic rings. The number of hydrogen-bond acceptors (Lipinski definition) is 3. The first-order valence-electron chi connectivity index (χ1n) is 7.23. The van der Waals surface area contributed by atoms with E-state index >= 15 is 0 Å². The molecule has 21 heavy (non-hydrogen) atoms. The standard InChI is InChI=1S/C17H22FN3/c1-4-5-20-16(13-6-11(2)7-14(18)9-13)15-8-12(3)10-21-17(15)19/h6-10,16,20H,4-5H2,1-3H3,(H2,19,21). The molecule has 0 radical (unpaired) electrons. The van der Waals surface area contributed by atoms with E-state index in [-0.39, 0.29) is 11.9 Å². The molecule has 0 spiro atoms. The second-order valence-corrected chi connectivity index (χ2v) is 5.44. The van der Waals surface area contributed by atoms with Crippen molar-refractivity contribution in [2.24, 2.45) is 0 Å². The maximum absolute atomic E-state index is 13.7. The summed E-state index contributed by atoms with van der Waals surface area (Å²) in [6, 6.07) is 6.93. The van der Waals surface area contributed by atoms with Gasteiger partial charge in [-0.2, -0.15) is 0 Å². The first-order valence-corrected chi connectivity index (χ1v) is 7.23. The van der Waals surface area contributed by atoms with E-state index in [2.05, 4.69) is 17.2 Å². The van der Waals surface area contributed by atoms with Crippen molar-refractivity contribution in [3.8, 4) is 0 Å². The Morgan fingerprint density at radius 1 is 1.19 bits per heavy atom. The highest BCUT2D eigenvalue weighted by Gasteiger charge is 2.18. The van der Waals surface area contributed by atoms with Crippen molar-refractivity contribution in [1.82, 2.24) is 10.3 Å². The monoisotopic (exact) mass is 287 g/mol. The number of benzene rings is 1. The number of nitrogens with one attached hydrogen (secondary N) is 1. The van der Waals surface area contributed by atoms with Crippen LogP contribution in [0.15, 0.2) is 30.5 Å². The molecule has 0 amide bonds. The van der Waals surface area contributed by atoms with Crippen LogP contribution in [-0.2, 0) is 0 Å². The molecule has 0 saturated heterocycles. The minimum atomic E-state index is -0.229. The number of halogens is 1. The molecule has 0 aliphatic rings. The lowest BCUT2D eigenvalue weighted by molar-refractivity contribution is 0.584. The zero-order valence-electron chi connectivity index (χ0n) is 12.8. The van der Waals surface area contributed by atoms with Gasteiger partial charge < -0.3 is 11.1 Å². The average molecular weight is 287 g/mol. The smallest absolute Gasteiger partial charge is 0.128 e. The number of nitrogens with zero attached hydrogens (tertiary/aromatic N) is 1. The Morgan fingerprint density at radius 2 is 1.95 bits per heavy atom. The van der Waals surface area contributed by atoms with Crippen molar-refractivity contribution in [2.75, 3.05) is 12.3 Å². The number of aryl methyl sites for hydroxylation is 2. The van der Waals surface area contributed by atoms with Crippen molar-refractivity contribution >= 4 is 5.82 Å². The Hall–Kier alpha value is -1.94. The van der Waals surface area contributed by atoms with E-state index in [1.54, 1.807) is 12.3 Å². The van der Waals surface area contributed by atoms with Gasteiger partial charge in [-0.05, 0) is 61.7 Å². The third-order valence-electron chi connectivity index (χ3n) is 3.39. The number of anilines is 1. The lowest BCUT2D eigenvalue weighted by Gasteiger charge is -2.21. The van der Waals surface area contributed by atoms with Crippen LogP contribution in [0.4, 0.5) is 10.2 Å². The van der Waals surface area contributed by atoms with E-state index < -0.39 is 0 Å². The Kier molecular flexibility index (Phi) is 4.91. The van der Waals surface area contributed by atoms with Crippen LogP contribution < -0.4 is 11.1 Å². The summed E-state index contributed by atoms with van der Waals surface area (Å²) in [5.74, 6) is 0.253. The summed E-state index contributed by atoms with van der Waals surface area (Å²) in [7, 11) is 0. The van der Waals surface area contributed by atoms with Crippen LogP contribution in [0.2, 0.25) is 0 Å². The fourth-order valence-corrected chi connectivity index (χ4v) is 2.46. The summed E-state index contributed by atoms with van der Waals surface area (Å²) in [5.41, 5.74) is 9.74. The van der Waals surface area contributed by atoms with Crippen LogP contribution in [0, 0.1) is 19.7 Å². The summed E-state index contributed by atoms with van der Waals surface area (Å²) in [5, 5.41) is 3.44. The van der Waals surface area contributed by atoms with E-state index in [0.29, 0.717) is 5.82 Å². The maximum atomic E-state index is 13.7. The van der Waals surface area contributed by atoms with Crippen molar-refractivity contribution < 1.29 is 4.39 Å². The molecule has 1 heterocycles. The minimum absolute atomic E-state index is 0.147. The molecule has 4 heteroatoms. The highest BCUT2D eigenvalue weighted by molar-refractivity contribution is 5.47. The van der Waals surface area contributed by atoms with Gasteiger partial charge in [0.15, 0.2) is 0 Å². The van der Waals surface area contributed by atoms with Gasteiger partial charge in [0.1, 0.15) is 11.6 Å². The van der Waals surface area contributed by atoms with Crippen LogP contribution in [0.5, 0.6) is 0 Å². The Morgan fingerprint density at radius 3 is 2.62 bits per heavy atom. The molecule has 0 aliphatic heterocycles. The molecular formula is C17H22FN3. The molecule has 112 valence electrons. The third-order valence-corrected chi connectivity index (χ3v) is 3.39. The second-order valence-electron chi connectivity index (χ2n) is 5.44. The van der Waals surface area contributed by atoms with Crippen molar-refractivity contribution in [3.63, 3.8) is 0 Å². The number of nitrogen functional groups attached to an aromatic ring is 1. The van der Waals surface area contributed by atoms with E-state index in [9.17, 15) is 4.39 Å². The zero-order chi connectivity index (χ0) is 15.4. The van der Waals surface area contributed by atoms with Gasteiger partial charge in [-0.3, -0.25) is 0 Å². The molecule has 0 fully saturated rings. The van der Waals surface area contributed by atoms with Crippen molar-refractivity contribution in [2.45, 2.75) is 33.2 Å². The van der Waals surface area contributed by atoms with Crippen molar-refractivity contribution in [1.29, 1.82) is 0 Å². The van der Waals surface area contributed by atoms with Crippen LogP contribution in [0.25, 0.3) is 0 Å². The highest BCUT2D eigenvalue weighted by Crippen LogP contribution is 2.27. The first kappa shape index (κ1) is 15.4. The first-order chi connectivity index (χ1) is 10.0. The van der Waals surface area contributed by atoms with Crippen LogP contribution in [-0.4, -0.2) is 11.5 Å². The molecule has 3 N–H and O–H groups in total. The molecule has 0 aliphatic carbocycles. The number of hydrogen-bond donors (Lipinski definition) is 2. The highest BCUT2D eigenvalue weighted by atomic mass is 19.1. The SMILES string of the molecule is CCCNC(c1cc(C)cc(F)c1)c1cc(C)cnc1N. The van der Waals surface area contributed by atoms with E-state index in [1.807, 2.05) is 26.0 Å². The number of aromatic nitrogens is 1. The lowest BCUT2D eigenvalue weighted by atomic mass is 9.96. The average Bonchev–Trinajstić information content (AvgIpc) is 2.42. The summed E-state index contributed by atoms with van der Waals surface area (Å²) in [4.78, 5) is 4.22. The van der Waals surface area contributed by atoms with Gasteiger partial charge in [0.2, 0.25) is 0 Å². The fraction of sp³-hybridized carbons (Fsp3) is 0.353. The van der Waals surface area contributed by atoms with Gasteiger partial charge in [-0.1, -0.05) is 13.0 Å². The van der Waals surface area contributed by atoms with Gasteiger partial charge >= 0.3 is 0 Å². The predicted molar refractivity (Wildman–Crippen MR) is 84.7 cm³/mol. The molecule has 3 nitrogen and oxygen atoms in total. The Bertz CT molecular complexity index is 605. The van der Waals surface area contributed by atoms with Gasteiger partial charge in [0.05, 0.1) is 6.04 Å². The zero-order valence-corrected chi connectivity index (χ0v) is 12.8. The molecule has 2 rings (SSSR count). The van der Waals surface area contributed by atoms with Crippen molar-refractivity contribution in [3.05, 3.63) is 58.5 Å². The Labute approximate surface area is 125 Å². The van der Waals surface area contributed by atoms with Gasteiger partial charge in [-0.15, -0.1) is 0 Å². The summed E-state index contributed by atoms with van der Waals surface area (Å²) in [6.45, 7) is 6.79. The van der Waals surface area contributed by atoms with Gasteiger partial charge in [0, 0.05) is 11.8 Å². The molecule has 1 aromatic heterocycles. The summed E-state index contributed by atoms with van der Waals surface area (Å²) >= 11 is 0. The van der Waals surface area contributed by atoms with E-state index in [1.165, 1.54) is 6.07 Å². The van der Waals surface area contributed by atoms with Crippen LogP contribution in [0.3, 0.4) is 0 Å². The molecule has 0 bridgehead atoms. The number of rotatable bonds is 5. The second kappa shape index (κ2) is 6.68. The van der Waals surface area contributed by atoms with Gasteiger partial charge in [-0.25, -0.2) is 9.37 Å². The number of nitrogens with two attached hydrogens (primary N) is 1. The largest absolute Gasteiger partial charge is 0.383 e. The molecular weight excluding hydrogens is 265 g/mol. The Balaban J connectivity index is 2.49. The van der Waals surface area contributed by atoms with Crippen LogP contribution in [0.1, 0.15) is 41.6 Å². The quantitative estimate of drug-likeness (QED) is 0.884. The fourth-order valence-electron chi connectivity index (χ4n) is 2.46. The van der Waals surface area contributed by atoms with Crippen LogP contribution >= 0.6 is 0 Å². The molecule has 1 unspecified atom stereocenters. The molecule has 1 atom stereocenters. The minimum Gasteiger partial charge on any atom is -0.383 e. The van der Waals surface area contributed by atoms with E-state index in [0.717, 1.165) is 35.2 Å².